The van der Waals surface area contributed by atoms with Crippen LogP contribution in [-0.2, 0) is 13.0 Å². The number of hydrogen-bond donors (Lipinski definition) is 1. The minimum atomic E-state index is 0.201. The number of thioether (sulfide) groups is 2. The van der Waals surface area contributed by atoms with Crippen molar-refractivity contribution in [2.24, 2.45) is 5.73 Å². The Morgan fingerprint density at radius 2 is 2.50 bits per heavy atom. The lowest BCUT2D eigenvalue weighted by Gasteiger charge is -2.26. The highest BCUT2D eigenvalue weighted by molar-refractivity contribution is 8.06. The molecule has 2 N–H and O–H groups in total. The van der Waals surface area contributed by atoms with E-state index in [1.54, 1.807) is 6.33 Å². The van der Waals surface area contributed by atoms with E-state index in [0.29, 0.717) is 5.25 Å². The normalized spacial score (nSPS) is 23.2. The standard InChI is InChI=1S/C10H18N4S2/c1-2-14-10(12-7-13-14)5-8(11)9-6-15-3-4-16-9/h7-9H,2-6,11H2,1H3. The fourth-order valence-corrected chi connectivity index (χ4v) is 4.63. The van der Waals surface area contributed by atoms with Crippen molar-refractivity contribution < 1.29 is 0 Å². The average Bonchev–Trinajstić information content (AvgIpc) is 2.77. The van der Waals surface area contributed by atoms with Crippen molar-refractivity contribution >= 4 is 23.5 Å². The van der Waals surface area contributed by atoms with Crippen LogP contribution < -0.4 is 5.73 Å². The molecule has 1 saturated heterocycles. The first-order valence-corrected chi connectivity index (χ1v) is 7.83. The summed E-state index contributed by atoms with van der Waals surface area (Å²) in [5.74, 6) is 4.68. The van der Waals surface area contributed by atoms with E-state index in [2.05, 4.69) is 17.0 Å². The lowest BCUT2D eigenvalue weighted by Crippen LogP contribution is -2.38. The number of rotatable bonds is 4. The van der Waals surface area contributed by atoms with Crippen LogP contribution in [0.25, 0.3) is 0 Å². The molecule has 0 bridgehead atoms. The van der Waals surface area contributed by atoms with Gasteiger partial charge in [0.1, 0.15) is 12.2 Å². The topological polar surface area (TPSA) is 56.7 Å². The highest BCUT2D eigenvalue weighted by Gasteiger charge is 2.23. The zero-order valence-corrected chi connectivity index (χ0v) is 11.1. The minimum Gasteiger partial charge on any atom is -0.326 e. The molecule has 0 aliphatic carbocycles. The van der Waals surface area contributed by atoms with E-state index in [4.69, 9.17) is 5.73 Å². The maximum absolute atomic E-state index is 6.25. The highest BCUT2D eigenvalue weighted by Crippen LogP contribution is 2.26. The summed E-state index contributed by atoms with van der Waals surface area (Å²) in [5, 5.41) is 4.74. The van der Waals surface area contributed by atoms with Gasteiger partial charge in [-0.3, -0.25) is 4.68 Å². The first-order valence-electron chi connectivity index (χ1n) is 5.63. The lowest BCUT2D eigenvalue weighted by atomic mass is 10.1. The van der Waals surface area contributed by atoms with Crippen LogP contribution in [0.2, 0.25) is 0 Å². The van der Waals surface area contributed by atoms with E-state index in [9.17, 15) is 0 Å². The molecule has 0 saturated carbocycles. The van der Waals surface area contributed by atoms with Gasteiger partial charge < -0.3 is 5.73 Å². The predicted octanol–water partition coefficient (Wildman–Crippen LogP) is 1.02. The summed E-state index contributed by atoms with van der Waals surface area (Å²) in [6.45, 7) is 2.95. The van der Waals surface area contributed by atoms with E-state index < -0.39 is 0 Å². The van der Waals surface area contributed by atoms with Crippen LogP contribution in [-0.4, -0.2) is 43.3 Å². The molecular weight excluding hydrogens is 240 g/mol. The monoisotopic (exact) mass is 258 g/mol. The highest BCUT2D eigenvalue weighted by atomic mass is 32.2. The maximum Gasteiger partial charge on any atom is 0.138 e. The van der Waals surface area contributed by atoms with Gasteiger partial charge in [0, 0.05) is 41.5 Å². The van der Waals surface area contributed by atoms with Gasteiger partial charge in [-0.2, -0.15) is 28.6 Å². The van der Waals surface area contributed by atoms with Crippen LogP contribution >= 0.6 is 23.5 Å². The molecule has 2 heterocycles. The third-order valence-electron chi connectivity index (χ3n) is 2.73. The van der Waals surface area contributed by atoms with Crippen molar-refractivity contribution in [3.8, 4) is 0 Å². The molecule has 1 aliphatic rings. The van der Waals surface area contributed by atoms with Crippen molar-refractivity contribution in [1.29, 1.82) is 0 Å². The van der Waals surface area contributed by atoms with Gasteiger partial charge in [0.15, 0.2) is 0 Å². The Morgan fingerprint density at radius 3 is 3.19 bits per heavy atom. The van der Waals surface area contributed by atoms with Crippen molar-refractivity contribution in [1.82, 2.24) is 14.8 Å². The van der Waals surface area contributed by atoms with Crippen LogP contribution in [0, 0.1) is 0 Å². The quantitative estimate of drug-likeness (QED) is 0.874. The molecule has 2 atom stereocenters. The summed E-state index contributed by atoms with van der Waals surface area (Å²) in [6, 6.07) is 0.201. The lowest BCUT2D eigenvalue weighted by molar-refractivity contribution is 0.567. The van der Waals surface area contributed by atoms with Crippen LogP contribution in [0.5, 0.6) is 0 Å². The summed E-state index contributed by atoms with van der Waals surface area (Å²) in [7, 11) is 0. The Morgan fingerprint density at radius 1 is 1.62 bits per heavy atom. The number of aryl methyl sites for hydroxylation is 1. The van der Waals surface area contributed by atoms with Gasteiger partial charge in [0.2, 0.25) is 0 Å². The molecule has 0 aromatic carbocycles. The molecule has 0 spiro atoms. The van der Waals surface area contributed by atoms with E-state index in [-0.39, 0.29) is 6.04 Å². The fourth-order valence-electron chi connectivity index (χ4n) is 1.81. The predicted molar refractivity (Wildman–Crippen MR) is 70.9 cm³/mol. The van der Waals surface area contributed by atoms with Gasteiger partial charge in [0.05, 0.1) is 0 Å². The van der Waals surface area contributed by atoms with Gasteiger partial charge in [-0.25, -0.2) is 4.98 Å². The Balaban J connectivity index is 1.93. The largest absolute Gasteiger partial charge is 0.326 e. The van der Waals surface area contributed by atoms with Crippen LogP contribution in [0.4, 0.5) is 0 Å². The first-order chi connectivity index (χ1) is 7.81. The van der Waals surface area contributed by atoms with E-state index in [0.717, 1.165) is 18.8 Å². The second kappa shape index (κ2) is 5.93. The molecule has 0 amide bonds. The molecule has 2 rings (SSSR count). The Bertz CT molecular complexity index is 322. The van der Waals surface area contributed by atoms with Crippen molar-refractivity contribution in [3.63, 3.8) is 0 Å². The third-order valence-corrected chi connectivity index (χ3v) is 5.67. The van der Waals surface area contributed by atoms with Gasteiger partial charge in [-0.1, -0.05) is 0 Å². The van der Waals surface area contributed by atoms with E-state index >= 15 is 0 Å². The molecule has 1 fully saturated rings. The van der Waals surface area contributed by atoms with Crippen molar-refractivity contribution in [3.05, 3.63) is 12.2 Å². The molecule has 1 aliphatic heterocycles. The molecule has 4 nitrogen and oxygen atoms in total. The molecular formula is C10H18N4S2. The number of aromatic nitrogens is 3. The van der Waals surface area contributed by atoms with Crippen molar-refractivity contribution in [2.75, 3.05) is 17.3 Å². The number of nitrogens with zero attached hydrogens (tertiary/aromatic N) is 3. The number of hydrogen-bond acceptors (Lipinski definition) is 5. The molecule has 16 heavy (non-hydrogen) atoms. The second-order valence-electron chi connectivity index (χ2n) is 3.84. The second-order valence-corrected chi connectivity index (χ2v) is 6.34. The maximum atomic E-state index is 6.25. The Hall–Kier alpha value is -0.200. The summed E-state index contributed by atoms with van der Waals surface area (Å²) in [5.41, 5.74) is 6.25. The summed E-state index contributed by atoms with van der Waals surface area (Å²) in [6.07, 6.45) is 2.46. The fraction of sp³-hybridized carbons (Fsp3) is 0.800. The molecule has 6 heteroatoms. The average molecular weight is 258 g/mol. The van der Waals surface area contributed by atoms with E-state index in [1.165, 1.54) is 17.3 Å². The van der Waals surface area contributed by atoms with Gasteiger partial charge in [-0.05, 0) is 6.92 Å². The van der Waals surface area contributed by atoms with Crippen LogP contribution in [0.15, 0.2) is 6.33 Å². The SMILES string of the molecule is CCn1ncnc1CC(N)C1CSCCS1. The summed E-state index contributed by atoms with van der Waals surface area (Å²) >= 11 is 4.01. The third kappa shape index (κ3) is 2.93. The molecule has 1 aromatic rings. The minimum absolute atomic E-state index is 0.201. The van der Waals surface area contributed by atoms with Gasteiger partial charge in [0.25, 0.3) is 0 Å². The Labute approximate surface area is 105 Å². The first kappa shape index (κ1) is 12.3. The Kier molecular flexibility index (Phi) is 4.55. The number of nitrogens with two attached hydrogens (primary N) is 1. The van der Waals surface area contributed by atoms with Crippen LogP contribution in [0.3, 0.4) is 0 Å². The molecule has 2 unspecified atom stereocenters. The molecule has 1 aromatic heterocycles. The smallest absolute Gasteiger partial charge is 0.138 e. The van der Waals surface area contributed by atoms with Crippen LogP contribution in [0.1, 0.15) is 12.7 Å². The molecule has 0 radical (unpaired) electrons. The summed E-state index contributed by atoms with van der Waals surface area (Å²) < 4.78 is 1.93. The molecule has 90 valence electrons. The summed E-state index contributed by atoms with van der Waals surface area (Å²) in [4.78, 5) is 4.28. The van der Waals surface area contributed by atoms with Gasteiger partial charge >= 0.3 is 0 Å². The van der Waals surface area contributed by atoms with Crippen molar-refractivity contribution in [2.45, 2.75) is 31.2 Å². The van der Waals surface area contributed by atoms with E-state index in [1.807, 2.05) is 28.2 Å². The zero-order valence-electron chi connectivity index (χ0n) is 9.50. The zero-order chi connectivity index (χ0) is 11.4. The van der Waals surface area contributed by atoms with Gasteiger partial charge in [-0.15, -0.1) is 0 Å².